The van der Waals surface area contributed by atoms with Gasteiger partial charge in [-0.15, -0.1) is 0 Å². The third-order valence-electron chi connectivity index (χ3n) is 6.37. The van der Waals surface area contributed by atoms with Gasteiger partial charge >= 0.3 is 0 Å². The third-order valence-corrected chi connectivity index (χ3v) is 6.37. The summed E-state index contributed by atoms with van der Waals surface area (Å²) in [5.41, 5.74) is 2.62. The number of pyridine rings is 1. The number of ether oxygens (including phenoxy) is 1. The molecule has 164 valence electrons. The number of hydrogen-bond acceptors (Lipinski definition) is 7. The van der Waals surface area contributed by atoms with Gasteiger partial charge in [-0.05, 0) is 68.8 Å². The van der Waals surface area contributed by atoms with Gasteiger partial charge in [-0.2, -0.15) is 10.2 Å². The number of nitriles is 1. The van der Waals surface area contributed by atoms with E-state index in [4.69, 9.17) is 14.5 Å². The Hall–Kier alpha value is -3.24. The van der Waals surface area contributed by atoms with Gasteiger partial charge in [0.2, 0.25) is 17.6 Å². The molecule has 2 aromatic heterocycles. The van der Waals surface area contributed by atoms with Crippen molar-refractivity contribution in [3.05, 3.63) is 59.6 Å². The molecule has 1 aromatic carbocycles. The molecule has 0 N–H and O–H groups in total. The first-order chi connectivity index (χ1) is 15.8. The summed E-state index contributed by atoms with van der Waals surface area (Å²) in [6.45, 7) is 1.72. The van der Waals surface area contributed by atoms with E-state index in [1.165, 1.54) is 19.3 Å². The van der Waals surface area contributed by atoms with E-state index in [0.29, 0.717) is 23.2 Å². The van der Waals surface area contributed by atoms with E-state index in [1.807, 2.05) is 30.3 Å². The van der Waals surface area contributed by atoms with Gasteiger partial charge in [-0.3, -0.25) is 4.90 Å². The Bertz CT molecular complexity index is 1080. The maximum atomic E-state index is 9.15. The minimum Gasteiger partial charge on any atom is -0.474 e. The smallest absolute Gasteiger partial charge is 0.244 e. The number of rotatable bonds is 6. The number of aromatic nitrogens is 3. The van der Waals surface area contributed by atoms with Crippen LogP contribution in [0.25, 0.3) is 11.4 Å². The molecule has 2 aliphatic rings. The summed E-state index contributed by atoms with van der Waals surface area (Å²) in [6, 6.07) is 13.9. The molecule has 7 nitrogen and oxygen atoms in total. The molecule has 3 aromatic rings. The molecule has 1 aliphatic carbocycles. The van der Waals surface area contributed by atoms with Crippen molar-refractivity contribution in [3.63, 3.8) is 0 Å². The molecule has 0 spiro atoms. The molecule has 5 rings (SSSR count). The van der Waals surface area contributed by atoms with Crippen molar-refractivity contribution in [2.75, 3.05) is 6.54 Å². The van der Waals surface area contributed by atoms with Crippen molar-refractivity contribution < 1.29 is 9.26 Å². The first kappa shape index (κ1) is 20.7. The summed E-state index contributed by atoms with van der Waals surface area (Å²) in [5.74, 6) is 1.84. The van der Waals surface area contributed by atoms with E-state index < -0.39 is 0 Å². The number of nitrogens with zero attached hydrogens (tertiary/aromatic N) is 5. The van der Waals surface area contributed by atoms with Gasteiger partial charge in [0.15, 0.2) is 0 Å². The Kier molecular flexibility index (Phi) is 6.13. The molecule has 32 heavy (non-hydrogen) atoms. The highest BCUT2D eigenvalue weighted by Gasteiger charge is 2.31. The van der Waals surface area contributed by atoms with Gasteiger partial charge in [-0.1, -0.05) is 23.7 Å². The molecule has 2 fully saturated rings. The Morgan fingerprint density at radius 1 is 1.09 bits per heavy atom. The zero-order valence-electron chi connectivity index (χ0n) is 18.1. The van der Waals surface area contributed by atoms with Crippen LogP contribution >= 0.6 is 0 Å². The highest BCUT2D eigenvalue weighted by atomic mass is 16.5. The summed E-state index contributed by atoms with van der Waals surface area (Å²) in [7, 11) is 0. The van der Waals surface area contributed by atoms with Gasteiger partial charge in [-0.25, -0.2) is 4.98 Å². The van der Waals surface area contributed by atoms with Crippen LogP contribution in [-0.2, 0) is 6.54 Å². The zero-order valence-corrected chi connectivity index (χ0v) is 18.1. The van der Waals surface area contributed by atoms with Crippen molar-refractivity contribution in [3.8, 4) is 23.3 Å². The molecule has 0 unspecified atom stereocenters. The fourth-order valence-corrected chi connectivity index (χ4v) is 4.69. The van der Waals surface area contributed by atoms with Gasteiger partial charge in [0.05, 0.1) is 17.7 Å². The Morgan fingerprint density at radius 3 is 2.81 bits per heavy atom. The van der Waals surface area contributed by atoms with Crippen LogP contribution in [0.15, 0.2) is 47.1 Å². The summed E-state index contributed by atoms with van der Waals surface area (Å²) in [5, 5.41) is 13.4. The maximum absolute atomic E-state index is 9.15. The van der Waals surface area contributed by atoms with Crippen LogP contribution < -0.4 is 4.74 Å². The second kappa shape index (κ2) is 9.49. The molecule has 1 aliphatic heterocycles. The highest BCUT2D eigenvalue weighted by Crippen LogP contribution is 2.33. The summed E-state index contributed by atoms with van der Waals surface area (Å²) >= 11 is 0. The lowest BCUT2D eigenvalue weighted by Gasteiger charge is -2.22. The lowest BCUT2D eigenvalue weighted by Crippen LogP contribution is -2.23. The van der Waals surface area contributed by atoms with E-state index in [9.17, 15) is 0 Å². The van der Waals surface area contributed by atoms with E-state index >= 15 is 0 Å². The maximum Gasteiger partial charge on any atom is 0.244 e. The molecule has 1 saturated heterocycles. The lowest BCUT2D eigenvalue weighted by molar-refractivity contribution is 0.148. The molecule has 1 atom stereocenters. The van der Waals surface area contributed by atoms with Crippen molar-refractivity contribution >= 4 is 0 Å². The molecule has 1 saturated carbocycles. The first-order valence-corrected chi connectivity index (χ1v) is 11.5. The summed E-state index contributed by atoms with van der Waals surface area (Å²) in [6.07, 6.45) is 10.1. The van der Waals surface area contributed by atoms with Crippen LogP contribution in [0.2, 0.25) is 0 Å². The van der Waals surface area contributed by atoms with Crippen LogP contribution in [-0.4, -0.2) is 32.7 Å². The van der Waals surface area contributed by atoms with Gasteiger partial charge in [0.1, 0.15) is 6.10 Å². The van der Waals surface area contributed by atoms with Crippen LogP contribution in [0.1, 0.15) is 68.0 Å². The molecule has 0 amide bonds. The molecular weight excluding hydrogens is 402 g/mol. The number of likely N-dealkylation sites (tertiary alicyclic amines) is 1. The van der Waals surface area contributed by atoms with Gasteiger partial charge in [0.25, 0.3) is 0 Å². The monoisotopic (exact) mass is 429 g/mol. The topological polar surface area (TPSA) is 88.1 Å². The molecular formula is C25H27N5O2. The Labute approximate surface area is 188 Å². The predicted octanol–water partition coefficient (Wildman–Crippen LogP) is 5.05. The van der Waals surface area contributed by atoms with Crippen molar-refractivity contribution in [1.82, 2.24) is 20.0 Å². The van der Waals surface area contributed by atoms with Crippen molar-refractivity contribution in [1.29, 1.82) is 5.26 Å². The predicted molar refractivity (Wildman–Crippen MR) is 119 cm³/mol. The van der Waals surface area contributed by atoms with E-state index in [-0.39, 0.29) is 12.1 Å². The average molecular weight is 430 g/mol. The molecule has 0 radical (unpaired) electrons. The quantitative estimate of drug-likeness (QED) is 0.541. The van der Waals surface area contributed by atoms with Crippen LogP contribution in [0.5, 0.6) is 5.88 Å². The van der Waals surface area contributed by atoms with E-state index in [2.05, 4.69) is 32.2 Å². The number of hydrogen-bond donors (Lipinski definition) is 0. The largest absolute Gasteiger partial charge is 0.474 e. The lowest BCUT2D eigenvalue weighted by atomic mass is 9.98. The standard InChI is InChI=1S/C25H27N5O2/c26-15-18-6-4-7-19(14-18)17-30-13-5-10-22(30)25-28-24(29-32-25)20-11-12-23(27-16-20)31-21-8-2-1-3-9-21/h4,6-7,11-12,14,16,21-22H,1-3,5,8-10,13,17H2/t22-/m0/s1. The van der Waals surface area contributed by atoms with Crippen molar-refractivity contribution in [2.45, 2.75) is 63.6 Å². The van der Waals surface area contributed by atoms with Crippen LogP contribution in [0.3, 0.4) is 0 Å². The Morgan fingerprint density at radius 2 is 2.00 bits per heavy atom. The highest BCUT2D eigenvalue weighted by molar-refractivity contribution is 5.53. The average Bonchev–Trinajstić information content (AvgIpc) is 3.50. The van der Waals surface area contributed by atoms with Crippen LogP contribution in [0.4, 0.5) is 0 Å². The first-order valence-electron chi connectivity index (χ1n) is 11.5. The fourth-order valence-electron chi connectivity index (χ4n) is 4.69. The van der Waals surface area contributed by atoms with Gasteiger partial charge < -0.3 is 9.26 Å². The summed E-state index contributed by atoms with van der Waals surface area (Å²) in [4.78, 5) is 11.5. The zero-order chi connectivity index (χ0) is 21.8. The molecule has 7 heteroatoms. The normalized spacial score (nSPS) is 19.7. The van der Waals surface area contributed by atoms with Gasteiger partial charge in [0, 0.05) is 24.4 Å². The fraction of sp³-hybridized carbons (Fsp3) is 0.440. The van der Waals surface area contributed by atoms with E-state index in [1.54, 1.807) is 6.20 Å². The van der Waals surface area contributed by atoms with Crippen molar-refractivity contribution in [2.24, 2.45) is 0 Å². The van der Waals surface area contributed by atoms with E-state index in [0.717, 1.165) is 49.9 Å². The minimum atomic E-state index is 0.0869. The number of benzene rings is 1. The second-order valence-electron chi connectivity index (χ2n) is 8.66. The second-order valence-corrected chi connectivity index (χ2v) is 8.66. The SMILES string of the molecule is N#Cc1cccc(CN2CCC[C@H]2c2nc(-c3ccc(OC4CCCCC4)nc3)no2)c1. The van der Waals surface area contributed by atoms with Crippen LogP contribution in [0, 0.1) is 11.3 Å². The molecule has 0 bridgehead atoms. The summed E-state index contributed by atoms with van der Waals surface area (Å²) < 4.78 is 11.7. The minimum absolute atomic E-state index is 0.0869. The Balaban J connectivity index is 1.26. The third kappa shape index (κ3) is 4.66. The molecule has 3 heterocycles.